The Labute approximate surface area is 167 Å². The summed E-state index contributed by atoms with van der Waals surface area (Å²) in [7, 11) is 0. The summed E-state index contributed by atoms with van der Waals surface area (Å²) in [5.74, 6) is 0.702. The molecular formula is C21H32N4OS. The molecule has 0 fully saturated rings. The van der Waals surface area contributed by atoms with E-state index in [1.807, 2.05) is 32.9 Å². The minimum atomic E-state index is -0.588. The molecule has 0 aliphatic carbocycles. The Bertz CT molecular complexity index is 759. The number of rotatable bonds is 6. The summed E-state index contributed by atoms with van der Waals surface area (Å²) in [4.78, 5) is 10.2. The SMILES string of the molecule is CCNC(=NCc1sc(C)nc1C)NCC(O)c1ccc(C(C)(C)C)cc1. The predicted octanol–water partition coefficient (Wildman–Crippen LogP) is 3.85. The van der Waals surface area contributed by atoms with Crippen molar-refractivity contribution in [3.8, 4) is 0 Å². The summed E-state index contributed by atoms with van der Waals surface area (Å²) < 4.78 is 0. The normalized spacial score (nSPS) is 13.5. The van der Waals surface area contributed by atoms with Crippen LogP contribution in [-0.2, 0) is 12.0 Å². The van der Waals surface area contributed by atoms with Crippen LogP contribution in [0.5, 0.6) is 0 Å². The summed E-state index contributed by atoms with van der Waals surface area (Å²) in [5.41, 5.74) is 3.31. The van der Waals surface area contributed by atoms with Gasteiger partial charge in [0.1, 0.15) is 0 Å². The van der Waals surface area contributed by atoms with Gasteiger partial charge in [0, 0.05) is 18.0 Å². The van der Waals surface area contributed by atoms with Crippen LogP contribution in [-0.4, -0.2) is 29.1 Å². The van der Waals surface area contributed by atoms with Gasteiger partial charge in [-0.3, -0.25) is 0 Å². The van der Waals surface area contributed by atoms with Gasteiger partial charge in [0.05, 0.1) is 23.4 Å². The van der Waals surface area contributed by atoms with Gasteiger partial charge in [-0.05, 0) is 37.3 Å². The van der Waals surface area contributed by atoms with E-state index in [1.54, 1.807) is 11.3 Å². The molecule has 0 radical (unpaired) electrons. The Morgan fingerprint density at radius 1 is 1.19 bits per heavy atom. The lowest BCUT2D eigenvalue weighted by atomic mass is 9.86. The summed E-state index contributed by atoms with van der Waals surface area (Å²) in [6.45, 7) is 14.4. The zero-order chi connectivity index (χ0) is 20.0. The monoisotopic (exact) mass is 388 g/mol. The molecule has 1 aromatic carbocycles. The third-order valence-corrected chi connectivity index (χ3v) is 5.41. The van der Waals surface area contributed by atoms with Crippen molar-refractivity contribution >= 4 is 17.3 Å². The molecule has 0 aliphatic heterocycles. The van der Waals surface area contributed by atoms with Gasteiger partial charge in [-0.1, -0.05) is 45.0 Å². The maximum atomic E-state index is 10.5. The first-order valence-electron chi connectivity index (χ1n) is 9.44. The lowest BCUT2D eigenvalue weighted by Crippen LogP contribution is -2.39. The number of guanidine groups is 1. The summed E-state index contributed by atoms with van der Waals surface area (Å²) >= 11 is 1.68. The minimum absolute atomic E-state index is 0.111. The van der Waals surface area contributed by atoms with Crippen molar-refractivity contribution in [2.75, 3.05) is 13.1 Å². The molecule has 0 bridgehead atoms. The zero-order valence-corrected chi connectivity index (χ0v) is 18.1. The molecule has 0 spiro atoms. The summed E-state index contributed by atoms with van der Waals surface area (Å²) in [6, 6.07) is 8.18. The van der Waals surface area contributed by atoms with E-state index < -0.39 is 6.10 Å². The van der Waals surface area contributed by atoms with Crippen LogP contribution in [0.2, 0.25) is 0 Å². The molecule has 3 N–H and O–H groups in total. The molecule has 1 atom stereocenters. The molecule has 1 unspecified atom stereocenters. The molecule has 0 saturated carbocycles. The van der Waals surface area contributed by atoms with E-state index in [2.05, 4.69) is 53.5 Å². The largest absolute Gasteiger partial charge is 0.387 e. The number of aliphatic hydroxyl groups excluding tert-OH is 1. The van der Waals surface area contributed by atoms with E-state index in [0.717, 1.165) is 22.8 Å². The van der Waals surface area contributed by atoms with Crippen LogP contribution in [0.25, 0.3) is 0 Å². The van der Waals surface area contributed by atoms with Gasteiger partial charge >= 0.3 is 0 Å². The second-order valence-corrected chi connectivity index (χ2v) is 8.99. The van der Waals surface area contributed by atoms with Crippen LogP contribution >= 0.6 is 11.3 Å². The Hall–Kier alpha value is -1.92. The third kappa shape index (κ3) is 6.33. The molecule has 0 saturated heterocycles. The van der Waals surface area contributed by atoms with Crippen LogP contribution in [0.15, 0.2) is 29.3 Å². The number of aromatic nitrogens is 1. The van der Waals surface area contributed by atoms with Crippen molar-refractivity contribution in [3.05, 3.63) is 51.0 Å². The first kappa shape index (κ1) is 21.4. The van der Waals surface area contributed by atoms with E-state index in [9.17, 15) is 5.11 Å². The predicted molar refractivity (Wildman–Crippen MR) is 115 cm³/mol. The van der Waals surface area contributed by atoms with Gasteiger partial charge in [-0.2, -0.15) is 0 Å². The molecule has 5 nitrogen and oxygen atoms in total. The fraction of sp³-hybridized carbons (Fsp3) is 0.524. The fourth-order valence-electron chi connectivity index (χ4n) is 2.73. The number of benzene rings is 1. The Morgan fingerprint density at radius 2 is 1.85 bits per heavy atom. The number of aryl methyl sites for hydroxylation is 2. The highest BCUT2D eigenvalue weighted by Crippen LogP contribution is 2.24. The molecule has 1 aromatic heterocycles. The van der Waals surface area contributed by atoms with E-state index in [1.165, 1.54) is 10.4 Å². The highest BCUT2D eigenvalue weighted by Gasteiger charge is 2.15. The van der Waals surface area contributed by atoms with Gasteiger partial charge in [-0.25, -0.2) is 9.98 Å². The van der Waals surface area contributed by atoms with E-state index in [4.69, 9.17) is 0 Å². The Morgan fingerprint density at radius 3 is 2.37 bits per heavy atom. The Kier molecular flexibility index (Phi) is 7.39. The number of hydrogen-bond donors (Lipinski definition) is 3. The van der Waals surface area contributed by atoms with Gasteiger partial charge < -0.3 is 15.7 Å². The standard InChI is InChI=1S/C21H32N4OS/c1-7-22-20(24-13-19-14(2)25-15(3)27-19)23-12-18(26)16-8-10-17(11-9-16)21(4,5)6/h8-11,18,26H,7,12-13H2,1-6H3,(H2,22,23,24). The molecule has 0 aliphatic rings. The van der Waals surface area contributed by atoms with E-state index >= 15 is 0 Å². The number of thiazole rings is 1. The number of nitrogens with one attached hydrogen (secondary N) is 2. The summed E-state index contributed by atoms with van der Waals surface area (Å²) in [5, 5.41) is 18.0. The average molecular weight is 389 g/mol. The molecular weight excluding hydrogens is 356 g/mol. The fourth-order valence-corrected chi connectivity index (χ4v) is 3.59. The zero-order valence-electron chi connectivity index (χ0n) is 17.3. The molecule has 2 rings (SSSR count). The highest BCUT2D eigenvalue weighted by molar-refractivity contribution is 7.11. The topological polar surface area (TPSA) is 69.5 Å². The smallest absolute Gasteiger partial charge is 0.191 e. The molecule has 2 aromatic rings. The maximum absolute atomic E-state index is 10.5. The lowest BCUT2D eigenvalue weighted by Gasteiger charge is -2.20. The van der Waals surface area contributed by atoms with Crippen molar-refractivity contribution in [3.63, 3.8) is 0 Å². The van der Waals surface area contributed by atoms with Crippen LogP contribution in [0.1, 0.15) is 60.5 Å². The van der Waals surface area contributed by atoms with Gasteiger partial charge in [0.2, 0.25) is 0 Å². The average Bonchev–Trinajstić information content (AvgIpc) is 2.93. The molecule has 27 heavy (non-hydrogen) atoms. The lowest BCUT2D eigenvalue weighted by molar-refractivity contribution is 0.181. The van der Waals surface area contributed by atoms with Crippen molar-refractivity contribution in [1.29, 1.82) is 0 Å². The molecule has 0 amide bonds. The number of hydrogen-bond acceptors (Lipinski definition) is 4. The number of nitrogens with zero attached hydrogens (tertiary/aromatic N) is 2. The second kappa shape index (κ2) is 9.33. The summed E-state index contributed by atoms with van der Waals surface area (Å²) in [6.07, 6.45) is -0.588. The van der Waals surface area contributed by atoms with Crippen LogP contribution in [0.4, 0.5) is 0 Å². The highest BCUT2D eigenvalue weighted by atomic mass is 32.1. The van der Waals surface area contributed by atoms with Crippen LogP contribution < -0.4 is 10.6 Å². The third-order valence-electron chi connectivity index (χ3n) is 4.35. The quantitative estimate of drug-likeness (QED) is 0.519. The maximum Gasteiger partial charge on any atom is 0.191 e. The van der Waals surface area contributed by atoms with Crippen molar-refractivity contribution in [1.82, 2.24) is 15.6 Å². The Balaban J connectivity index is 1.98. The first-order valence-corrected chi connectivity index (χ1v) is 10.3. The first-order chi connectivity index (χ1) is 12.7. The van der Waals surface area contributed by atoms with Gasteiger partial charge in [-0.15, -0.1) is 11.3 Å². The number of aliphatic imine (C=N–C) groups is 1. The molecule has 6 heteroatoms. The van der Waals surface area contributed by atoms with Crippen molar-refractivity contribution in [2.24, 2.45) is 4.99 Å². The molecule has 148 valence electrons. The minimum Gasteiger partial charge on any atom is -0.387 e. The van der Waals surface area contributed by atoms with Crippen molar-refractivity contribution < 1.29 is 5.11 Å². The number of aliphatic hydroxyl groups is 1. The van der Waals surface area contributed by atoms with Crippen LogP contribution in [0, 0.1) is 13.8 Å². The van der Waals surface area contributed by atoms with Crippen LogP contribution in [0.3, 0.4) is 0 Å². The van der Waals surface area contributed by atoms with Crippen molar-refractivity contribution in [2.45, 2.75) is 59.6 Å². The second-order valence-electron chi connectivity index (χ2n) is 7.71. The van der Waals surface area contributed by atoms with E-state index in [-0.39, 0.29) is 5.41 Å². The van der Waals surface area contributed by atoms with E-state index in [0.29, 0.717) is 19.0 Å². The van der Waals surface area contributed by atoms with Gasteiger partial charge in [0.25, 0.3) is 0 Å². The van der Waals surface area contributed by atoms with Gasteiger partial charge in [0.15, 0.2) is 5.96 Å². The molecule has 1 heterocycles.